The van der Waals surface area contributed by atoms with Crippen LogP contribution in [0.15, 0.2) is 91.0 Å². The second-order valence-corrected chi connectivity index (χ2v) is 6.11. The molecule has 0 aromatic heterocycles. The second kappa shape index (κ2) is 9.23. The summed E-state index contributed by atoms with van der Waals surface area (Å²) in [6.45, 7) is 0. The molecule has 0 saturated carbocycles. The molecule has 0 aliphatic heterocycles. The van der Waals surface area contributed by atoms with E-state index < -0.39 is 17.0 Å². The Balaban J connectivity index is 1.84. The van der Waals surface area contributed by atoms with Gasteiger partial charge in [-0.15, -0.1) is 0 Å². The normalized spacial score (nSPS) is 11.7. The van der Waals surface area contributed by atoms with Crippen molar-refractivity contribution in [3.8, 4) is 0 Å². The molecule has 3 aromatic carbocycles. The maximum Gasteiger partial charge on any atom is 0.331 e. The average Bonchev–Trinajstić information content (AvgIpc) is 2.77. The molecule has 0 aliphatic carbocycles. The molecule has 0 heterocycles. The lowest BCUT2D eigenvalue weighted by atomic mass is 10.00. The van der Waals surface area contributed by atoms with Gasteiger partial charge >= 0.3 is 5.97 Å². The molecule has 0 unspecified atom stereocenters. The van der Waals surface area contributed by atoms with Gasteiger partial charge in [-0.1, -0.05) is 72.8 Å². The molecular weight excluding hydrogens is 370 g/mol. The van der Waals surface area contributed by atoms with Crippen molar-refractivity contribution in [2.24, 2.45) is 0 Å². The SMILES string of the molecule is O=C(/C=C/c1ccccc1[N+](=O)[O-])O[C@H](C(=O)c1ccccc1)c1ccccc1. The summed E-state index contributed by atoms with van der Waals surface area (Å²) in [5.41, 5.74) is 1.09. The molecule has 29 heavy (non-hydrogen) atoms. The van der Waals surface area contributed by atoms with E-state index in [0.29, 0.717) is 11.1 Å². The van der Waals surface area contributed by atoms with Gasteiger partial charge in [-0.05, 0) is 12.1 Å². The van der Waals surface area contributed by atoms with Crippen LogP contribution < -0.4 is 0 Å². The Morgan fingerprint density at radius 1 is 0.862 bits per heavy atom. The van der Waals surface area contributed by atoms with Gasteiger partial charge in [-0.2, -0.15) is 0 Å². The van der Waals surface area contributed by atoms with Gasteiger partial charge in [0.2, 0.25) is 5.78 Å². The van der Waals surface area contributed by atoms with Crippen molar-refractivity contribution in [1.29, 1.82) is 0 Å². The van der Waals surface area contributed by atoms with Crippen LogP contribution in [-0.4, -0.2) is 16.7 Å². The number of ketones is 1. The van der Waals surface area contributed by atoms with Gasteiger partial charge < -0.3 is 4.74 Å². The Morgan fingerprint density at radius 3 is 2.10 bits per heavy atom. The Kier molecular flexibility index (Phi) is 6.27. The number of hydrogen-bond donors (Lipinski definition) is 0. The highest BCUT2D eigenvalue weighted by molar-refractivity contribution is 6.01. The average molecular weight is 387 g/mol. The fourth-order valence-electron chi connectivity index (χ4n) is 2.76. The van der Waals surface area contributed by atoms with Gasteiger partial charge in [-0.25, -0.2) is 4.79 Å². The van der Waals surface area contributed by atoms with Gasteiger partial charge in [-0.3, -0.25) is 14.9 Å². The molecule has 3 aromatic rings. The van der Waals surface area contributed by atoms with Gasteiger partial charge in [0.1, 0.15) is 0 Å². The first-order valence-electron chi connectivity index (χ1n) is 8.82. The molecule has 0 fully saturated rings. The van der Waals surface area contributed by atoms with Crippen LogP contribution in [0.3, 0.4) is 0 Å². The summed E-state index contributed by atoms with van der Waals surface area (Å²) in [6, 6.07) is 23.3. The number of ether oxygens (including phenoxy) is 1. The van der Waals surface area contributed by atoms with Gasteiger partial charge in [0.05, 0.1) is 10.5 Å². The third kappa shape index (κ3) is 5.01. The Labute approximate surface area is 167 Å². The van der Waals surface area contributed by atoms with Crippen LogP contribution in [0, 0.1) is 10.1 Å². The highest BCUT2D eigenvalue weighted by Gasteiger charge is 2.25. The highest BCUT2D eigenvalue weighted by atomic mass is 16.6. The van der Waals surface area contributed by atoms with E-state index in [-0.39, 0.29) is 17.0 Å². The molecule has 1 atom stereocenters. The molecule has 0 aliphatic rings. The molecule has 144 valence electrons. The summed E-state index contributed by atoms with van der Waals surface area (Å²) >= 11 is 0. The number of nitrogens with zero attached hydrogens (tertiary/aromatic N) is 1. The topological polar surface area (TPSA) is 86.5 Å². The monoisotopic (exact) mass is 387 g/mol. The number of hydrogen-bond acceptors (Lipinski definition) is 5. The van der Waals surface area contributed by atoms with Gasteiger partial charge in [0.25, 0.3) is 5.69 Å². The second-order valence-electron chi connectivity index (χ2n) is 6.11. The van der Waals surface area contributed by atoms with Crippen molar-refractivity contribution >= 4 is 23.5 Å². The first kappa shape index (κ1) is 19.7. The molecule has 0 N–H and O–H groups in total. The Hall–Kier alpha value is -4.06. The first-order valence-corrected chi connectivity index (χ1v) is 8.82. The first-order chi connectivity index (χ1) is 14.1. The molecule has 6 heteroatoms. The van der Waals surface area contributed by atoms with E-state index >= 15 is 0 Å². The third-order valence-corrected chi connectivity index (χ3v) is 4.17. The summed E-state index contributed by atoms with van der Waals surface area (Å²) in [5.74, 6) is -1.13. The number of esters is 1. The summed E-state index contributed by atoms with van der Waals surface area (Å²) < 4.78 is 5.43. The predicted molar refractivity (Wildman–Crippen MR) is 108 cm³/mol. The molecule has 3 rings (SSSR count). The molecule has 0 saturated heterocycles. The number of para-hydroxylation sites is 1. The lowest BCUT2D eigenvalue weighted by Crippen LogP contribution is -2.19. The van der Waals surface area contributed by atoms with Crippen molar-refractivity contribution in [3.05, 3.63) is 118 Å². The number of nitro groups is 1. The van der Waals surface area contributed by atoms with Crippen LogP contribution >= 0.6 is 0 Å². The van der Waals surface area contributed by atoms with Crippen molar-refractivity contribution < 1.29 is 19.2 Å². The fourth-order valence-corrected chi connectivity index (χ4v) is 2.76. The molecule has 0 spiro atoms. The van der Waals surface area contributed by atoms with E-state index in [4.69, 9.17) is 4.74 Å². The van der Waals surface area contributed by atoms with Crippen LogP contribution in [0.4, 0.5) is 5.69 Å². The Bertz CT molecular complexity index is 1050. The predicted octanol–water partition coefficient (Wildman–Crippen LogP) is 4.78. The quantitative estimate of drug-likeness (QED) is 0.191. The lowest BCUT2D eigenvalue weighted by Gasteiger charge is -2.16. The Morgan fingerprint density at radius 2 is 1.45 bits per heavy atom. The van der Waals surface area contributed by atoms with Gasteiger partial charge in [0, 0.05) is 23.3 Å². The summed E-state index contributed by atoms with van der Waals surface area (Å²) in [7, 11) is 0. The standard InChI is InChI=1S/C23H17NO5/c25-21(16-15-17-9-7-8-14-20(17)24(27)28)29-23(19-12-5-2-6-13-19)22(26)18-10-3-1-4-11-18/h1-16,23H/b16-15+/t23-/m0/s1. The van der Waals surface area contributed by atoms with Crippen molar-refractivity contribution in [2.45, 2.75) is 6.10 Å². The molecule has 6 nitrogen and oxygen atoms in total. The van der Waals surface area contributed by atoms with E-state index in [1.807, 2.05) is 0 Å². The smallest absolute Gasteiger partial charge is 0.331 e. The van der Waals surface area contributed by atoms with Crippen LogP contribution in [0.2, 0.25) is 0 Å². The molecular formula is C23H17NO5. The van der Waals surface area contributed by atoms with Crippen molar-refractivity contribution in [3.63, 3.8) is 0 Å². The lowest BCUT2D eigenvalue weighted by molar-refractivity contribution is -0.385. The zero-order valence-corrected chi connectivity index (χ0v) is 15.3. The minimum Gasteiger partial charge on any atom is -0.446 e. The van der Waals surface area contributed by atoms with Crippen LogP contribution in [-0.2, 0) is 9.53 Å². The van der Waals surface area contributed by atoms with E-state index in [0.717, 1.165) is 6.08 Å². The van der Waals surface area contributed by atoms with E-state index in [2.05, 4.69) is 0 Å². The van der Waals surface area contributed by atoms with Crippen molar-refractivity contribution in [2.75, 3.05) is 0 Å². The van der Waals surface area contributed by atoms with Crippen molar-refractivity contribution in [1.82, 2.24) is 0 Å². The van der Waals surface area contributed by atoms with E-state index in [1.165, 1.54) is 24.3 Å². The minimum absolute atomic E-state index is 0.128. The minimum atomic E-state index is -1.12. The number of Topliss-reactive ketones (excluding diaryl/α,β-unsaturated/α-hetero) is 1. The highest BCUT2D eigenvalue weighted by Crippen LogP contribution is 2.24. The fraction of sp³-hybridized carbons (Fsp3) is 0.0435. The van der Waals surface area contributed by atoms with Crippen LogP contribution in [0.1, 0.15) is 27.6 Å². The van der Waals surface area contributed by atoms with Gasteiger partial charge in [0.15, 0.2) is 6.10 Å². The van der Waals surface area contributed by atoms with Crippen LogP contribution in [0.5, 0.6) is 0 Å². The molecule has 0 bridgehead atoms. The van der Waals surface area contributed by atoms with E-state index in [1.54, 1.807) is 66.7 Å². The number of nitro benzene ring substituents is 1. The number of benzene rings is 3. The maximum absolute atomic E-state index is 12.9. The summed E-state index contributed by atoms with van der Waals surface area (Å²) in [6.07, 6.45) is 1.26. The molecule has 0 radical (unpaired) electrons. The number of rotatable bonds is 7. The molecule has 0 amide bonds. The zero-order valence-electron chi connectivity index (χ0n) is 15.3. The largest absolute Gasteiger partial charge is 0.446 e. The van der Waals surface area contributed by atoms with Crippen LogP contribution in [0.25, 0.3) is 6.08 Å². The summed E-state index contributed by atoms with van der Waals surface area (Å²) in [4.78, 5) is 35.8. The summed E-state index contributed by atoms with van der Waals surface area (Å²) in [5, 5.41) is 11.1. The van der Waals surface area contributed by atoms with E-state index in [9.17, 15) is 19.7 Å². The maximum atomic E-state index is 12.9. The number of carbonyl (C=O) groups is 2. The number of carbonyl (C=O) groups excluding carboxylic acids is 2. The zero-order chi connectivity index (χ0) is 20.6. The third-order valence-electron chi connectivity index (χ3n) is 4.17.